The first-order valence-corrected chi connectivity index (χ1v) is 8.43. The fraction of sp³-hybridized carbons (Fsp3) is 0.462. The van der Waals surface area contributed by atoms with Crippen LogP contribution < -0.4 is 0 Å². The first kappa shape index (κ1) is 21.6. The number of methoxy groups -OCH3 is 1. The summed E-state index contributed by atoms with van der Waals surface area (Å²) >= 11 is 0. The van der Waals surface area contributed by atoms with Crippen LogP contribution in [-0.2, 0) is 37.4 Å². The number of aliphatic carboxylic acids is 1. The molecule has 0 saturated carbocycles. The highest BCUT2D eigenvalue weighted by Crippen LogP contribution is 2.19. The van der Waals surface area contributed by atoms with Gasteiger partial charge in [-0.1, -0.05) is 6.58 Å². The van der Waals surface area contributed by atoms with Gasteiger partial charge in [0, 0.05) is 30.9 Å². The van der Waals surface area contributed by atoms with E-state index < -0.39 is 34.1 Å². The van der Waals surface area contributed by atoms with Crippen LogP contribution in [0.2, 0.25) is 0 Å². The van der Waals surface area contributed by atoms with Crippen LogP contribution in [-0.4, -0.2) is 59.2 Å². The average molecular weight is 399 g/mol. The predicted octanol–water partition coefficient (Wildman–Crippen LogP) is 0.594. The maximum atomic E-state index is 11.9. The molecule has 0 fully saturated rings. The maximum absolute atomic E-state index is 11.9. The number of aromatic nitrogens is 2. The molecule has 0 spiro atoms. The molecule has 1 N–H and O–H groups in total. The molecule has 0 saturated heterocycles. The van der Waals surface area contributed by atoms with E-state index in [4.69, 9.17) is 14.6 Å². The first-order valence-electron chi connectivity index (χ1n) is 6.93. The predicted molar refractivity (Wildman–Crippen MR) is 81.0 cm³/mol. The molecule has 2 rings (SSSR count). The highest BCUT2D eigenvalue weighted by molar-refractivity contribution is 7.91. The van der Waals surface area contributed by atoms with E-state index >= 15 is 0 Å². The second-order valence-electron chi connectivity index (χ2n) is 5.02. The summed E-state index contributed by atoms with van der Waals surface area (Å²) in [6.07, 6.45) is -1.79. The number of hydrogen-bond acceptors (Lipinski definition) is 6. The molecule has 0 amide bonds. The highest BCUT2D eigenvalue weighted by Gasteiger charge is 2.38. The summed E-state index contributed by atoms with van der Waals surface area (Å²) in [5.41, 5.74) is 0. The van der Waals surface area contributed by atoms with Gasteiger partial charge in [-0.2, -0.15) is 17.5 Å². The minimum atomic E-state index is -5.08. The van der Waals surface area contributed by atoms with Crippen molar-refractivity contribution in [3.8, 4) is 0 Å². The van der Waals surface area contributed by atoms with Crippen molar-refractivity contribution in [1.82, 2.24) is 13.9 Å². The number of carboxylic acid groups (broad SMARTS) is 1. The molecule has 1 aliphatic heterocycles. The van der Waals surface area contributed by atoms with Crippen molar-refractivity contribution in [2.45, 2.75) is 19.3 Å². The van der Waals surface area contributed by atoms with Gasteiger partial charge in [0.25, 0.3) is 0 Å². The molecule has 2 heterocycles. The zero-order chi connectivity index (χ0) is 20.1. The maximum Gasteiger partial charge on any atom is 0.490 e. The van der Waals surface area contributed by atoms with Crippen molar-refractivity contribution >= 4 is 22.0 Å². The number of carbonyl (C=O) groups excluding carboxylic acids is 1. The lowest BCUT2D eigenvalue weighted by Gasteiger charge is -2.20. The van der Waals surface area contributed by atoms with Crippen LogP contribution in [0.5, 0.6) is 0 Å². The van der Waals surface area contributed by atoms with Gasteiger partial charge in [0.1, 0.15) is 5.82 Å². The normalized spacial score (nSPS) is 17.9. The molecule has 1 aromatic heterocycles. The standard InChI is InChI=1S/C11H15N3O4S.C2HF3O2/c1-3-19(16,17)14-7-9(11(15)18-2)6-13-5-4-12-10(13)8-14;3-2(4,5)1(6)7/h3-5,9H,1,6-8H2,2H3;(H,6,7). The molecular formula is C13H16F3N3O6S. The van der Waals surface area contributed by atoms with Crippen LogP contribution in [0.3, 0.4) is 0 Å². The monoisotopic (exact) mass is 399 g/mol. The summed E-state index contributed by atoms with van der Waals surface area (Å²) in [6, 6.07) is 0. The molecule has 1 aromatic rings. The fourth-order valence-electron chi connectivity index (χ4n) is 2.04. The molecule has 1 atom stereocenters. The van der Waals surface area contributed by atoms with Gasteiger partial charge in [0.05, 0.1) is 19.6 Å². The second kappa shape index (κ2) is 8.31. The molecule has 9 nitrogen and oxygen atoms in total. The Morgan fingerprint density at radius 1 is 1.42 bits per heavy atom. The minimum absolute atomic E-state index is 0.0599. The Labute approximate surface area is 146 Å². The minimum Gasteiger partial charge on any atom is -0.475 e. The lowest BCUT2D eigenvalue weighted by atomic mass is 10.1. The molecule has 1 aliphatic rings. The van der Waals surface area contributed by atoms with Crippen molar-refractivity contribution in [2.75, 3.05) is 13.7 Å². The average Bonchev–Trinajstić information content (AvgIpc) is 2.90. The number of carbonyl (C=O) groups is 2. The number of halogens is 3. The Bertz CT molecular complexity index is 774. The van der Waals surface area contributed by atoms with Crippen LogP contribution in [0.1, 0.15) is 5.82 Å². The van der Waals surface area contributed by atoms with E-state index in [9.17, 15) is 26.4 Å². The lowest BCUT2D eigenvalue weighted by molar-refractivity contribution is -0.192. The zero-order valence-electron chi connectivity index (χ0n) is 13.5. The van der Waals surface area contributed by atoms with Crippen LogP contribution in [0, 0.1) is 5.92 Å². The molecule has 0 aromatic carbocycles. The van der Waals surface area contributed by atoms with Gasteiger partial charge in [-0.3, -0.25) is 4.79 Å². The molecule has 26 heavy (non-hydrogen) atoms. The van der Waals surface area contributed by atoms with E-state index in [2.05, 4.69) is 11.6 Å². The number of sulfonamides is 1. The smallest absolute Gasteiger partial charge is 0.475 e. The summed E-state index contributed by atoms with van der Waals surface area (Å²) in [7, 11) is -2.32. The Balaban J connectivity index is 0.000000412. The molecule has 0 radical (unpaired) electrons. The Morgan fingerprint density at radius 3 is 2.46 bits per heavy atom. The zero-order valence-corrected chi connectivity index (χ0v) is 14.3. The van der Waals surface area contributed by atoms with Crippen molar-refractivity contribution in [2.24, 2.45) is 5.92 Å². The lowest BCUT2D eigenvalue weighted by Crippen LogP contribution is -2.35. The Morgan fingerprint density at radius 2 is 2.00 bits per heavy atom. The van der Waals surface area contributed by atoms with Crippen LogP contribution in [0.4, 0.5) is 13.2 Å². The number of nitrogens with zero attached hydrogens (tertiary/aromatic N) is 3. The largest absolute Gasteiger partial charge is 0.490 e. The molecule has 1 unspecified atom stereocenters. The SMILES string of the molecule is C=CS(=O)(=O)N1Cc2nccn2CC(C(=O)OC)C1.O=C(O)C(F)(F)F. The Kier molecular flexibility index (Phi) is 6.92. The number of hydrogen-bond donors (Lipinski definition) is 1. The molecular weight excluding hydrogens is 383 g/mol. The number of imidazole rings is 1. The Hall–Kier alpha value is -2.41. The van der Waals surface area contributed by atoms with Crippen molar-refractivity contribution in [1.29, 1.82) is 0 Å². The molecule has 13 heteroatoms. The fourth-order valence-corrected chi connectivity index (χ4v) is 2.93. The quantitative estimate of drug-likeness (QED) is 0.739. The topological polar surface area (TPSA) is 119 Å². The van der Waals surface area contributed by atoms with E-state index in [1.165, 1.54) is 11.4 Å². The van der Waals surface area contributed by atoms with Crippen LogP contribution >= 0.6 is 0 Å². The number of ether oxygens (including phenoxy) is 1. The van der Waals surface area contributed by atoms with E-state index in [0.29, 0.717) is 12.4 Å². The molecule has 0 aliphatic carbocycles. The molecule has 146 valence electrons. The van der Waals surface area contributed by atoms with Gasteiger partial charge in [-0.15, -0.1) is 0 Å². The summed E-state index contributed by atoms with van der Waals surface area (Å²) in [4.78, 5) is 24.7. The van der Waals surface area contributed by atoms with E-state index in [1.54, 1.807) is 17.0 Å². The van der Waals surface area contributed by atoms with Gasteiger partial charge < -0.3 is 14.4 Å². The van der Waals surface area contributed by atoms with Gasteiger partial charge in [0.2, 0.25) is 10.0 Å². The van der Waals surface area contributed by atoms with Crippen molar-refractivity contribution in [3.05, 3.63) is 30.2 Å². The van der Waals surface area contributed by atoms with E-state index in [0.717, 1.165) is 5.41 Å². The molecule has 0 bridgehead atoms. The van der Waals surface area contributed by atoms with Crippen molar-refractivity contribution in [3.63, 3.8) is 0 Å². The summed E-state index contributed by atoms with van der Waals surface area (Å²) < 4.78 is 63.2. The first-order chi connectivity index (χ1) is 11.9. The number of esters is 1. The number of alkyl halides is 3. The van der Waals surface area contributed by atoms with Crippen molar-refractivity contribution < 1.29 is 41.0 Å². The van der Waals surface area contributed by atoms with Gasteiger partial charge >= 0.3 is 18.1 Å². The van der Waals surface area contributed by atoms with Gasteiger partial charge in [-0.25, -0.2) is 18.2 Å². The summed E-state index contributed by atoms with van der Waals surface area (Å²) in [5, 5.41) is 8.00. The van der Waals surface area contributed by atoms with Gasteiger partial charge in [0.15, 0.2) is 0 Å². The second-order valence-corrected chi connectivity index (χ2v) is 6.90. The van der Waals surface area contributed by atoms with Gasteiger partial charge in [-0.05, 0) is 0 Å². The third kappa shape index (κ3) is 5.56. The van der Waals surface area contributed by atoms with E-state index in [1.807, 2.05) is 0 Å². The van der Waals surface area contributed by atoms with E-state index in [-0.39, 0.29) is 13.1 Å². The number of carboxylic acids is 1. The third-order valence-corrected chi connectivity index (χ3v) is 4.73. The van der Waals surface area contributed by atoms with Crippen LogP contribution in [0.15, 0.2) is 24.4 Å². The van der Waals surface area contributed by atoms with Crippen LogP contribution in [0.25, 0.3) is 0 Å². The summed E-state index contributed by atoms with van der Waals surface area (Å²) in [5.74, 6) is -3.16. The number of fused-ring (bicyclic) bond motifs is 1. The third-order valence-electron chi connectivity index (χ3n) is 3.31. The highest BCUT2D eigenvalue weighted by atomic mass is 32.2. The summed E-state index contributed by atoms with van der Waals surface area (Å²) in [6.45, 7) is 3.83. The number of rotatable bonds is 3.